The smallest absolute Gasteiger partial charge is 0.343 e. The van der Waals surface area contributed by atoms with Gasteiger partial charge in [-0.2, -0.15) is 0 Å². The van der Waals surface area contributed by atoms with Crippen molar-refractivity contribution >= 4 is 18.0 Å². The quantitative estimate of drug-likeness (QED) is 0.524. The molecule has 0 bridgehead atoms. The maximum atomic E-state index is 12.6. The topological polar surface area (TPSA) is 52.6 Å². The van der Waals surface area contributed by atoms with Crippen LogP contribution in [0.1, 0.15) is 48.0 Å². The fraction of sp³-hybridized carbons (Fsp3) is 0.250. The third-order valence-electron chi connectivity index (χ3n) is 4.73. The van der Waals surface area contributed by atoms with E-state index in [1.165, 1.54) is 7.11 Å². The van der Waals surface area contributed by atoms with Gasteiger partial charge in [0.05, 0.1) is 18.2 Å². The van der Waals surface area contributed by atoms with Gasteiger partial charge in [0.15, 0.2) is 0 Å². The van der Waals surface area contributed by atoms with Crippen molar-refractivity contribution in [2.45, 2.75) is 32.1 Å². The van der Waals surface area contributed by atoms with Crippen molar-refractivity contribution in [2.24, 2.45) is 0 Å². The average Bonchev–Trinajstić information content (AvgIpc) is 2.98. The number of allylic oxidation sites excluding steroid dienone is 1. The van der Waals surface area contributed by atoms with E-state index >= 15 is 0 Å². The van der Waals surface area contributed by atoms with E-state index in [0.717, 1.165) is 30.4 Å². The molecule has 2 aromatic rings. The highest BCUT2D eigenvalue weighted by Gasteiger charge is 2.24. The van der Waals surface area contributed by atoms with Crippen molar-refractivity contribution in [3.05, 3.63) is 88.7 Å². The lowest BCUT2D eigenvalue weighted by Crippen LogP contribution is -2.12. The molecular weight excluding hydrogens is 352 g/mol. The van der Waals surface area contributed by atoms with E-state index in [1.54, 1.807) is 24.3 Å². The number of hydrogen-bond acceptors (Lipinski definition) is 4. The van der Waals surface area contributed by atoms with Crippen LogP contribution in [0, 0.1) is 0 Å². The van der Waals surface area contributed by atoms with Crippen molar-refractivity contribution in [1.29, 1.82) is 0 Å². The van der Waals surface area contributed by atoms with E-state index in [0.29, 0.717) is 29.7 Å². The molecule has 0 unspecified atom stereocenters. The van der Waals surface area contributed by atoms with Gasteiger partial charge in [-0.15, -0.1) is 0 Å². The molecule has 4 heteroatoms. The minimum Gasteiger partial charge on any atom is -0.465 e. The summed E-state index contributed by atoms with van der Waals surface area (Å²) >= 11 is 0. The number of carbonyl (C=O) groups excluding carboxylic acids is 2. The number of esters is 2. The summed E-state index contributed by atoms with van der Waals surface area (Å²) in [7, 11) is 1.37. The highest BCUT2D eigenvalue weighted by atomic mass is 16.5. The van der Waals surface area contributed by atoms with Gasteiger partial charge in [0, 0.05) is 12.0 Å². The molecule has 1 aliphatic carbocycles. The van der Waals surface area contributed by atoms with Crippen molar-refractivity contribution < 1.29 is 19.1 Å². The van der Waals surface area contributed by atoms with Crippen LogP contribution < -0.4 is 0 Å². The van der Waals surface area contributed by atoms with Crippen LogP contribution in [0.3, 0.4) is 0 Å². The first-order valence-electron chi connectivity index (χ1n) is 9.53. The molecule has 4 nitrogen and oxygen atoms in total. The van der Waals surface area contributed by atoms with Crippen molar-refractivity contribution in [3.63, 3.8) is 0 Å². The van der Waals surface area contributed by atoms with Crippen molar-refractivity contribution in [2.75, 3.05) is 7.11 Å². The molecule has 3 rings (SSSR count). The molecule has 0 atom stereocenters. The molecule has 0 saturated carbocycles. The van der Waals surface area contributed by atoms with Crippen molar-refractivity contribution in [1.82, 2.24) is 0 Å². The van der Waals surface area contributed by atoms with Gasteiger partial charge in [-0.1, -0.05) is 55.0 Å². The van der Waals surface area contributed by atoms with Gasteiger partial charge in [0.2, 0.25) is 0 Å². The Morgan fingerprint density at radius 2 is 1.50 bits per heavy atom. The van der Waals surface area contributed by atoms with Crippen LogP contribution in [0.25, 0.3) is 6.08 Å². The van der Waals surface area contributed by atoms with E-state index < -0.39 is 11.9 Å². The SMILES string of the molecule is COC(=O)/C(=C\c1ccccc1)C1=C(OC(=O)c2ccccc2)CCCCC1. The van der Waals surface area contributed by atoms with Gasteiger partial charge in [0.1, 0.15) is 5.76 Å². The molecule has 0 N–H and O–H groups in total. The summed E-state index contributed by atoms with van der Waals surface area (Å²) in [6.07, 6.45) is 5.98. The summed E-state index contributed by atoms with van der Waals surface area (Å²) in [4.78, 5) is 25.2. The van der Waals surface area contributed by atoms with E-state index in [4.69, 9.17) is 9.47 Å². The number of rotatable bonds is 5. The third-order valence-corrected chi connectivity index (χ3v) is 4.73. The first kappa shape index (κ1) is 19.6. The minimum atomic E-state index is -0.422. The van der Waals surface area contributed by atoms with E-state index in [9.17, 15) is 9.59 Å². The molecule has 0 fully saturated rings. The second-order valence-electron chi connectivity index (χ2n) is 6.68. The van der Waals surface area contributed by atoms with Crippen molar-refractivity contribution in [3.8, 4) is 0 Å². The molecule has 2 aromatic carbocycles. The zero-order valence-corrected chi connectivity index (χ0v) is 16.0. The van der Waals surface area contributed by atoms with Gasteiger partial charge < -0.3 is 9.47 Å². The summed E-state index contributed by atoms with van der Waals surface area (Å²) in [5.74, 6) is -0.258. The molecule has 0 amide bonds. The zero-order valence-electron chi connectivity index (χ0n) is 16.0. The Morgan fingerprint density at radius 1 is 0.857 bits per heavy atom. The first-order chi connectivity index (χ1) is 13.7. The van der Waals surface area contributed by atoms with Gasteiger partial charge in [0.25, 0.3) is 0 Å². The molecule has 0 spiro atoms. The van der Waals surface area contributed by atoms with Crippen LogP contribution in [0.2, 0.25) is 0 Å². The van der Waals surface area contributed by atoms with Crippen LogP contribution in [0.5, 0.6) is 0 Å². The minimum absolute atomic E-state index is 0.404. The molecule has 0 aliphatic heterocycles. The Hall–Kier alpha value is -3.14. The molecule has 28 heavy (non-hydrogen) atoms. The predicted octanol–water partition coefficient (Wildman–Crippen LogP) is 5.32. The Morgan fingerprint density at radius 3 is 2.18 bits per heavy atom. The Labute approximate surface area is 165 Å². The van der Waals surface area contributed by atoms with Crippen LogP contribution in [0.4, 0.5) is 0 Å². The second kappa shape index (κ2) is 9.70. The largest absolute Gasteiger partial charge is 0.465 e. The predicted molar refractivity (Wildman–Crippen MR) is 108 cm³/mol. The van der Waals surface area contributed by atoms with Gasteiger partial charge in [-0.25, -0.2) is 9.59 Å². The summed E-state index contributed by atoms with van der Waals surface area (Å²) in [5, 5.41) is 0. The summed E-state index contributed by atoms with van der Waals surface area (Å²) < 4.78 is 10.8. The molecule has 1 aliphatic rings. The van der Waals surface area contributed by atoms with E-state index in [1.807, 2.05) is 42.5 Å². The summed E-state index contributed by atoms with van der Waals surface area (Å²) in [6, 6.07) is 18.5. The van der Waals surface area contributed by atoms with Crippen LogP contribution in [-0.2, 0) is 14.3 Å². The van der Waals surface area contributed by atoms with Crippen LogP contribution in [-0.4, -0.2) is 19.0 Å². The lowest BCUT2D eigenvalue weighted by molar-refractivity contribution is -0.135. The third kappa shape index (κ3) is 4.97. The molecule has 144 valence electrons. The molecule has 0 heterocycles. The number of benzene rings is 2. The first-order valence-corrected chi connectivity index (χ1v) is 9.53. The lowest BCUT2D eigenvalue weighted by Gasteiger charge is -2.15. The van der Waals surface area contributed by atoms with Crippen LogP contribution in [0.15, 0.2) is 77.6 Å². The standard InChI is InChI=1S/C24H24O4/c1-27-24(26)21(17-18-11-5-2-6-12-18)20-15-9-4-10-16-22(20)28-23(25)19-13-7-3-8-14-19/h2-3,5-8,11-14,17H,4,9-10,15-16H2,1H3/b21-17-. The monoisotopic (exact) mass is 376 g/mol. The maximum absolute atomic E-state index is 12.6. The lowest BCUT2D eigenvalue weighted by atomic mass is 9.97. The van der Waals surface area contributed by atoms with E-state index in [-0.39, 0.29) is 0 Å². The highest BCUT2D eigenvalue weighted by molar-refractivity contribution is 5.99. The number of carbonyl (C=O) groups is 2. The number of methoxy groups -OCH3 is 1. The molecule has 0 aromatic heterocycles. The molecule has 0 radical (unpaired) electrons. The molecule has 0 saturated heterocycles. The summed E-state index contributed by atoms with van der Waals surface area (Å²) in [6.45, 7) is 0. The number of hydrogen-bond donors (Lipinski definition) is 0. The molecular formula is C24H24O4. The fourth-order valence-electron chi connectivity index (χ4n) is 3.29. The maximum Gasteiger partial charge on any atom is 0.343 e. The number of ether oxygens (including phenoxy) is 2. The van der Waals surface area contributed by atoms with Gasteiger partial charge in [-0.3, -0.25) is 0 Å². The Bertz CT molecular complexity index is 879. The second-order valence-corrected chi connectivity index (χ2v) is 6.68. The van der Waals surface area contributed by atoms with E-state index in [2.05, 4.69) is 0 Å². The Balaban J connectivity index is 2.01. The van der Waals surface area contributed by atoms with Gasteiger partial charge in [-0.05, 0) is 43.0 Å². The highest BCUT2D eigenvalue weighted by Crippen LogP contribution is 2.32. The van der Waals surface area contributed by atoms with Gasteiger partial charge >= 0.3 is 11.9 Å². The average molecular weight is 376 g/mol. The Kier molecular flexibility index (Phi) is 6.79. The zero-order chi connectivity index (χ0) is 19.8. The normalized spacial score (nSPS) is 15.0. The van der Waals surface area contributed by atoms with Crippen LogP contribution >= 0.6 is 0 Å². The fourth-order valence-corrected chi connectivity index (χ4v) is 3.29. The summed E-state index contributed by atoms with van der Waals surface area (Å²) in [5.41, 5.74) is 2.60.